The molecule has 0 aliphatic carbocycles. The highest BCUT2D eigenvalue weighted by Crippen LogP contribution is 2.25. The molecule has 1 aliphatic rings. The normalized spacial score (nSPS) is 14.6. The Bertz CT molecular complexity index is 581. The zero-order valence-electron chi connectivity index (χ0n) is 15.3. The monoisotopic (exact) mass is 401 g/mol. The molecule has 146 valence electrons. The first kappa shape index (κ1) is 22.8. The number of carbonyl (C=O) groups is 2. The standard InChI is InChI=1S/C18H27N3O3S.ClH/c1-19-14-7-10-21(11-8-14)18(23)15-5-3-4-6-16(15)25-13-17(22)20-9-12-24-2;/h3-6,14,19H,7-13H2,1-2H3,(H,20,22);1H. The number of thioether (sulfide) groups is 1. The van der Waals surface area contributed by atoms with Crippen LogP contribution in [0.1, 0.15) is 23.2 Å². The van der Waals surface area contributed by atoms with Crippen molar-refractivity contribution in [1.82, 2.24) is 15.5 Å². The molecule has 0 radical (unpaired) electrons. The lowest BCUT2D eigenvalue weighted by atomic mass is 10.0. The molecule has 1 fully saturated rings. The van der Waals surface area contributed by atoms with E-state index in [0.29, 0.717) is 24.8 Å². The van der Waals surface area contributed by atoms with Crippen molar-refractivity contribution in [1.29, 1.82) is 0 Å². The van der Waals surface area contributed by atoms with E-state index in [4.69, 9.17) is 4.74 Å². The minimum Gasteiger partial charge on any atom is -0.383 e. The Labute approximate surface area is 165 Å². The number of ether oxygens (including phenoxy) is 1. The minimum atomic E-state index is -0.0564. The lowest BCUT2D eigenvalue weighted by Crippen LogP contribution is -2.44. The Morgan fingerprint density at radius 2 is 1.96 bits per heavy atom. The molecule has 1 saturated heterocycles. The molecule has 1 aromatic rings. The lowest BCUT2D eigenvalue weighted by Gasteiger charge is -2.32. The van der Waals surface area contributed by atoms with Gasteiger partial charge in [0.15, 0.2) is 0 Å². The van der Waals surface area contributed by atoms with Gasteiger partial charge in [-0.3, -0.25) is 9.59 Å². The molecule has 0 unspecified atom stereocenters. The van der Waals surface area contributed by atoms with Crippen LogP contribution >= 0.6 is 24.2 Å². The number of hydrogen-bond donors (Lipinski definition) is 2. The van der Waals surface area contributed by atoms with Crippen molar-refractivity contribution >= 4 is 36.0 Å². The van der Waals surface area contributed by atoms with Crippen LogP contribution < -0.4 is 10.6 Å². The summed E-state index contributed by atoms with van der Waals surface area (Å²) >= 11 is 1.40. The van der Waals surface area contributed by atoms with E-state index in [1.165, 1.54) is 11.8 Å². The number of nitrogens with zero attached hydrogens (tertiary/aromatic N) is 1. The summed E-state index contributed by atoms with van der Waals surface area (Å²) in [5.41, 5.74) is 0.681. The average molecular weight is 402 g/mol. The van der Waals surface area contributed by atoms with E-state index in [2.05, 4.69) is 10.6 Å². The number of hydrogen-bond acceptors (Lipinski definition) is 5. The van der Waals surface area contributed by atoms with Crippen LogP contribution in [0.4, 0.5) is 0 Å². The third-order valence-corrected chi connectivity index (χ3v) is 5.37. The van der Waals surface area contributed by atoms with Crippen LogP contribution in [-0.4, -0.2) is 68.9 Å². The van der Waals surface area contributed by atoms with Crippen LogP contribution in [0.25, 0.3) is 0 Å². The molecular weight excluding hydrogens is 374 g/mol. The summed E-state index contributed by atoms with van der Waals surface area (Å²) in [5, 5.41) is 6.06. The second kappa shape index (κ2) is 12.2. The maximum Gasteiger partial charge on any atom is 0.254 e. The second-order valence-electron chi connectivity index (χ2n) is 5.98. The Kier molecular flexibility index (Phi) is 10.7. The van der Waals surface area contributed by atoms with Gasteiger partial charge in [0.25, 0.3) is 5.91 Å². The van der Waals surface area contributed by atoms with E-state index < -0.39 is 0 Å². The predicted octanol–water partition coefficient (Wildman–Crippen LogP) is 1.79. The molecule has 2 N–H and O–H groups in total. The first-order chi connectivity index (χ1) is 12.2. The third-order valence-electron chi connectivity index (χ3n) is 4.30. The second-order valence-corrected chi connectivity index (χ2v) is 7.00. The van der Waals surface area contributed by atoms with Gasteiger partial charge in [-0.25, -0.2) is 0 Å². The first-order valence-electron chi connectivity index (χ1n) is 8.59. The largest absolute Gasteiger partial charge is 0.383 e. The lowest BCUT2D eigenvalue weighted by molar-refractivity contribution is -0.118. The fourth-order valence-electron chi connectivity index (χ4n) is 2.80. The smallest absolute Gasteiger partial charge is 0.254 e. The van der Waals surface area contributed by atoms with Crippen LogP contribution in [0.2, 0.25) is 0 Å². The molecule has 2 amide bonds. The molecule has 0 aromatic heterocycles. The van der Waals surface area contributed by atoms with Gasteiger partial charge in [-0.15, -0.1) is 24.2 Å². The van der Waals surface area contributed by atoms with Crippen molar-refractivity contribution in [3.8, 4) is 0 Å². The van der Waals surface area contributed by atoms with Gasteiger partial charge in [0, 0.05) is 37.7 Å². The van der Waals surface area contributed by atoms with E-state index in [0.717, 1.165) is 30.8 Å². The van der Waals surface area contributed by atoms with Crippen molar-refractivity contribution in [2.75, 3.05) is 46.2 Å². The molecule has 8 heteroatoms. The minimum absolute atomic E-state index is 0. The number of piperidine rings is 1. The number of likely N-dealkylation sites (tertiary alicyclic amines) is 1. The van der Waals surface area contributed by atoms with E-state index in [1.807, 2.05) is 36.2 Å². The molecule has 6 nitrogen and oxygen atoms in total. The molecule has 1 aliphatic heterocycles. The van der Waals surface area contributed by atoms with Crippen molar-refractivity contribution in [2.45, 2.75) is 23.8 Å². The number of carbonyl (C=O) groups excluding carboxylic acids is 2. The number of amides is 2. The van der Waals surface area contributed by atoms with Crippen molar-refractivity contribution in [3.05, 3.63) is 29.8 Å². The van der Waals surface area contributed by atoms with Crippen LogP contribution in [0.3, 0.4) is 0 Å². The summed E-state index contributed by atoms with van der Waals surface area (Å²) in [6, 6.07) is 8.01. The summed E-state index contributed by atoms with van der Waals surface area (Å²) in [6.07, 6.45) is 1.94. The maximum absolute atomic E-state index is 12.8. The van der Waals surface area contributed by atoms with Gasteiger partial charge in [-0.2, -0.15) is 0 Å². The first-order valence-corrected chi connectivity index (χ1v) is 9.58. The van der Waals surface area contributed by atoms with Gasteiger partial charge in [0.05, 0.1) is 17.9 Å². The average Bonchev–Trinajstić information content (AvgIpc) is 2.66. The molecule has 2 rings (SSSR count). The highest BCUT2D eigenvalue weighted by atomic mass is 35.5. The number of benzene rings is 1. The van der Waals surface area contributed by atoms with Crippen LogP contribution in [0.15, 0.2) is 29.2 Å². The maximum atomic E-state index is 12.8. The van der Waals surface area contributed by atoms with Crippen molar-refractivity contribution in [2.24, 2.45) is 0 Å². The summed E-state index contributed by atoms with van der Waals surface area (Å²) in [5.74, 6) is 0.284. The van der Waals surface area contributed by atoms with Crippen LogP contribution in [-0.2, 0) is 9.53 Å². The van der Waals surface area contributed by atoms with Gasteiger partial charge >= 0.3 is 0 Å². The SMILES string of the molecule is CNC1CCN(C(=O)c2ccccc2SCC(=O)NCCOC)CC1.Cl. The molecule has 0 bridgehead atoms. The van der Waals surface area contributed by atoms with Crippen molar-refractivity contribution in [3.63, 3.8) is 0 Å². The van der Waals surface area contributed by atoms with E-state index in [1.54, 1.807) is 7.11 Å². The summed E-state index contributed by atoms with van der Waals surface area (Å²) in [4.78, 5) is 27.5. The van der Waals surface area contributed by atoms with E-state index in [-0.39, 0.29) is 30.0 Å². The third kappa shape index (κ3) is 6.79. The van der Waals surface area contributed by atoms with Gasteiger partial charge < -0.3 is 20.3 Å². The summed E-state index contributed by atoms with van der Waals surface area (Å²) < 4.78 is 4.91. The highest BCUT2D eigenvalue weighted by molar-refractivity contribution is 8.00. The van der Waals surface area contributed by atoms with Crippen LogP contribution in [0.5, 0.6) is 0 Å². The van der Waals surface area contributed by atoms with Gasteiger partial charge in [-0.1, -0.05) is 12.1 Å². The number of nitrogens with one attached hydrogen (secondary N) is 2. The predicted molar refractivity (Wildman–Crippen MR) is 107 cm³/mol. The molecule has 26 heavy (non-hydrogen) atoms. The number of methoxy groups -OCH3 is 1. The van der Waals surface area contributed by atoms with Crippen molar-refractivity contribution < 1.29 is 14.3 Å². The molecule has 0 atom stereocenters. The molecule has 0 spiro atoms. The fraction of sp³-hybridized carbons (Fsp3) is 0.556. The highest BCUT2D eigenvalue weighted by Gasteiger charge is 2.24. The van der Waals surface area contributed by atoms with E-state index >= 15 is 0 Å². The van der Waals surface area contributed by atoms with Gasteiger partial charge in [-0.05, 0) is 32.0 Å². The number of halogens is 1. The van der Waals surface area contributed by atoms with Crippen LogP contribution in [0, 0.1) is 0 Å². The zero-order chi connectivity index (χ0) is 18.1. The molecule has 1 aromatic carbocycles. The molecule has 1 heterocycles. The van der Waals surface area contributed by atoms with Gasteiger partial charge in [0.1, 0.15) is 0 Å². The molecular formula is C18H28ClN3O3S. The topological polar surface area (TPSA) is 70.7 Å². The van der Waals surface area contributed by atoms with E-state index in [9.17, 15) is 9.59 Å². The summed E-state index contributed by atoms with van der Waals surface area (Å²) in [7, 11) is 3.56. The molecule has 0 saturated carbocycles. The quantitative estimate of drug-likeness (QED) is 0.513. The Balaban J connectivity index is 0.00000338. The Morgan fingerprint density at radius 1 is 1.27 bits per heavy atom. The fourth-order valence-corrected chi connectivity index (χ4v) is 3.67. The Morgan fingerprint density at radius 3 is 2.62 bits per heavy atom. The summed E-state index contributed by atoms with van der Waals surface area (Å²) in [6.45, 7) is 2.52. The zero-order valence-corrected chi connectivity index (χ0v) is 17.0. The number of rotatable bonds is 8. The Hall–Kier alpha value is -1.28. The van der Waals surface area contributed by atoms with Gasteiger partial charge in [0.2, 0.25) is 5.91 Å².